The van der Waals surface area contributed by atoms with E-state index >= 15 is 0 Å². The summed E-state index contributed by atoms with van der Waals surface area (Å²) >= 11 is 0. The van der Waals surface area contributed by atoms with E-state index in [4.69, 9.17) is 5.11 Å². The minimum absolute atomic E-state index is 0.149. The lowest BCUT2D eigenvalue weighted by Gasteiger charge is -1.96. The molecule has 1 rings (SSSR count). The van der Waals surface area contributed by atoms with Gasteiger partial charge in [-0.3, -0.25) is 0 Å². The van der Waals surface area contributed by atoms with Gasteiger partial charge in [0, 0.05) is 18.1 Å². The topological polar surface area (TPSA) is 25.2 Å². The first kappa shape index (κ1) is 7.09. The largest absolute Gasteiger partial charge is 0.395 e. The Morgan fingerprint density at radius 3 is 2.60 bits per heavy atom. The molecule has 0 unspecified atom stereocenters. The molecular weight excluding hydrogens is 126 g/mol. The number of aliphatic hydroxyl groups excluding tert-OH is 1. The molecular formula is C8H11NO. The molecule has 0 aliphatic heterocycles. The molecule has 0 bridgehead atoms. The van der Waals surface area contributed by atoms with Crippen molar-refractivity contribution in [1.29, 1.82) is 0 Å². The second kappa shape index (κ2) is 2.71. The Labute approximate surface area is 59.7 Å². The van der Waals surface area contributed by atoms with Crippen LogP contribution in [-0.2, 0) is 6.54 Å². The summed E-state index contributed by atoms with van der Waals surface area (Å²) in [4.78, 5) is 0. The highest BCUT2D eigenvalue weighted by molar-refractivity contribution is 5.11. The second-order valence-corrected chi connectivity index (χ2v) is 2.20. The summed E-state index contributed by atoms with van der Waals surface area (Å²) in [7, 11) is 0. The van der Waals surface area contributed by atoms with Gasteiger partial charge in [0.2, 0.25) is 0 Å². The van der Waals surface area contributed by atoms with E-state index in [1.165, 1.54) is 0 Å². The van der Waals surface area contributed by atoms with Crippen LogP contribution in [0.5, 0.6) is 0 Å². The number of nitrogens with zero attached hydrogens (tertiary/aromatic N) is 1. The third-order valence-electron chi connectivity index (χ3n) is 1.51. The van der Waals surface area contributed by atoms with Crippen LogP contribution in [0.15, 0.2) is 12.3 Å². The van der Waals surface area contributed by atoms with E-state index in [0.717, 1.165) is 10.6 Å². The Morgan fingerprint density at radius 1 is 1.50 bits per heavy atom. The molecule has 0 aliphatic rings. The van der Waals surface area contributed by atoms with Crippen molar-refractivity contribution >= 4 is 13.2 Å². The first-order chi connectivity index (χ1) is 4.75. The van der Waals surface area contributed by atoms with Crippen LogP contribution < -0.4 is 10.6 Å². The van der Waals surface area contributed by atoms with Gasteiger partial charge in [0.25, 0.3) is 0 Å². The van der Waals surface area contributed by atoms with Gasteiger partial charge >= 0.3 is 0 Å². The smallest absolute Gasteiger partial charge is 0.0610 e. The third kappa shape index (κ3) is 1.11. The standard InChI is InChI=1S/C8H11NO/c1-7-3-4-9(5-6-10)8(7)2/h3-4,10H,1-2,5-6H2. The lowest BCUT2D eigenvalue weighted by molar-refractivity contribution is 0.275. The van der Waals surface area contributed by atoms with E-state index in [0.29, 0.717) is 6.54 Å². The molecule has 0 saturated heterocycles. The van der Waals surface area contributed by atoms with E-state index in [-0.39, 0.29) is 6.61 Å². The van der Waals surface area contributed by atoms with Crippen molar-refractivity contribution in [1.82, 2.24) is 4.57 Å². The van der Waals surface area contributed by atoms with Crippen LogP contribution in [0.3, 0.4) is 0 Å². The quantitative estimate of drug-likeness (QED) is 0.573. The van der Waals surface area contributed by atoms with Crippen molar-refractivity contribution in [3.63, 3.8) is 0 Å². The summed E-state index contributed by atoms with van der Waals surface area (Å²) in [6, 6.07) is 1.89. The van der Waals surface area contributed by atoms with Gasteiger partial charge in [0.15, 0.2) is 0 Å². The van der Waals surface area contributed by atoms with Crippen molar-refractivity contribution < 1.29 is 5.11 Å². The fourth-order valence-corrected chi connectivity index (χ4v) is 0.868. The van der Waals surface area contributed by atoms with Crippen molar-refractivity contribution in [3.8, 4) is 0 Å². The Hall–Kier alpha value is -1.02. The van der Waals surface area contributed by atoms with E-state index in [9.17, 15) is 0 Å². The van der Waals surface area contributed by atoms with Crippen LogP contribution in [0.1, 0.15) is 0 Å². The van der Waals surface area contributed by atoms with Gasteiger partial charge in [0.1, 0.15) is 0 Å². The monoisotopic (exact) mass is 137 g/mol. The Kier molecular flexibility index (Phi) is 1.92. The van der Waals surface area contributed by atoms with Crippen molar-refractivity contribution in [3.05, 3.63) is 22.8 Å². The molecule has 0 fully saturated rings. The number of hydrogen-bond acceptors (Lipinski definition) is 1. The van der Waals surface area contributed by atoms with Gasteiger partial charge in [-0.25, -0.2) is 0 Å². The van der Waals surface area contributed by atoms with Gasteiger partial charge in [-0.1, -0.05) is 13.2 Å². The van der Waals surface area contributed by atoms with Gasteiger partial charge < -0.3 is 9.67 Å². The predicted octanol–water partition coefficient (Wildman–Crippen LogP) is -0.699. The highest BCUT2D eigenvalue weighted by Gasteiger charge is 1.89. The number of aliphatic hydroxyl groups is 1. The average Bonchev–Trinajstić information content (AvgIpc) is 2.20. The molecule has 0 atom stereocenters. The van der Waals surface area contributed by atoms with E-state index in [1.54, 1.807) is 0 Å². The fourth-order valence-electron chi connectivity index (χ4n) is 0.868. The molecule has 10 heavy (non-hydrogen) atoms. The molecule has 1 N–H and O–H groups in total. The minimum Gasteiger partial charge on any atom is -0.395 e. The zero-order valence-electron chi connectivity index (χ0n) is 5.88. The molecule has 0 aliphatic carbocycles. The van der Waals surface area contributed by atoms with E-state index in [1.807, 2.05) is 16.8 Å². The molecule has 0 saturated carbocycles. The second-order valence-electron chi connectivity index (χ2n) is 2.20. The molecule has 0 amide bonds. The van der Waals surface area contributed by atoms with Crippen LogP contribution in [0.25, 0.3) is 13.2 Å². The zero-order valence-corrected chi connectivity index (χ0v) is 5.88. The first-order valence-corrected chi connectivity index (χ1v) is 3.19. The van der Waals surface area contributed by atoms with Crippen LogP contribution in [-0.4, -0.2) is 16.3 Å². The lowest BCUT2D eigenvalue weighted by Crippen LogP contribution is -2.26. The first-order valence-electron chi connectivity index (χ1n) is 3.19. The molecule has 1 aromatic rings. The maximum atomic E-state index is 8.58. The molecule has 2 nitrogen and oxygen atoms in total. The molecule has 0 aromatic carbocycles. The number of hydrogen-bond donors (Lipinski definition) is 1. The molecule has 1 heterocycles. The van der Waals surface area contributed by atoms with Crippen LogP contribution in [0, 0.1) is 0 Å². The van der Waals surface area contributed by atoms with Crippen LogP contribution in [0.4, 0.5) is 0 Å². The molecule has 1 aromatic heterocycles. The van der Waals surface area contributed by atoms with Crippen LogP contribution in [0.2, 0.25) is 0 Å². The Balaban J connectivity index is 3.06. The van der Waals surface area contributed by atoms with E-state index < -0.39 is 0 Å². The minimum atomic E-state index is 0.149. The Bertz CT molecular complexity index is 300. The van der Waals surface area contributed by atoms with Gasteiger partial charge in [-0.05, 0) is 11.3 Å². The molecule has 2 heteroatoms. The predicted molar refractivity (Wildman–Crippen MR) is 41.8 cm³/mol. The van der Waals surface area contributed by atoms with Gasteiger partial charge in [-0.15, -0.1) is 0 Å². The van der Waals surface area contributed by atoms with Gasteiger partial charge in [0.05, 0.1) is 6.61 Å². The number of rotatable bonds is 2. The summed E-state index contributed by atoms with van der Waals surface area (Å²) in [5, 5.41) is 10.4. The summed E-state index contributed by atoms with van der Waals surface area (Å²) in [5.41, 5.74) is 0. The maximum absolute atomic E-state index is 8.58. The summed E-state index contributed by atoms with van der Waals surface area (Å²) < 4.78 is 1.88. The van der Waals surface area contributed by atoms with E-state index in [2.05, 4.69) is 13.2 Å². The average molecular weight is 137 g/mol. The number of aromatic nitrogens is 1. The molecule has 0 spiro atoms. The van der Waals surface area contributed by atoms with Crippen molar-refractivity contribution in [2.24, 2.45) is 0 Å². The Morgan fingerprint density at radius 2 is 2.20 bits per heavy atom. The lowest BCUT2D eigenvalue weighted by atomic mass is 10.5. The third-order valence-corrected chi connectivity index (χ3v) is 1.51. The van der Waals surface area contributed by atoms with Crippen molar-refractivity contribution in [2.75, 3.05) is 6.61 Å². The molecule has 54 valence electrons. The van der Waals surface area contributed by atoms with Gasteiger partial charge in [-0.2, -0.15) is 0 Å². The highest BCUT2D eigenvalue weighted by atomic mass is 16.3. The summed E-state index contributed by atoms with van der Waals surface area (Å²) in [6.45, 7) is 8.30. The van der Waals surface area contributed by atoms with Crippen LogP contribution >= 0.6 is 0 Å². The summed E-state index contributed by atoms with van der Waals surface area (Å²) in [6.07, 6.45) is 1.88. The SMILES string of the molecule is C=c1ccn(CCO)c1=C. The highest BCUT2D eigenvalue weighted by Crippen LogP contribution is 1.74. The molecule has 0 radical (unpaired) electrons. The summed E-state index contributed by atoms with van der Waals surface area (Å²) in [5.74, 6) is 0. The van der Waals surface area contributed by atoms with Crippen molar-refractivity contribution in [2.45, 2.75) is 6.54 Å². The zero-order chi connectivity index (χ0) is 7.56. The normalized spacial score (nSPS) is 10.1. The fraction of sp³-hybridized carbons (Fsp3) is 0.250. The maximum Gasteiger partial charge on any atom is 0.0610 e.